The van der Waals surface area contributed by atoms with E-state index in [1.807, 2.05) is 0 Å². The van der Waals surface area contributed by atoms with Crippen molar-refractivity contribution >= 4 is 5.97 Å². The molecule has 0 heterocycles. The number of carbonyl (C=O) groups is 1. The molecule has 1 saturated carbocycles. The number of esters is 1. The Morgan fingerprint density at radius 3 is 2.12 bits per heavy atom. The fourth-order valence-electron chi connectivity index (χ4n) is 3.03. The monoisotopic (exact) mass is 373 g/mol. The maximum absolute atomic E-state index is 13.9. The number of carbonyl (C=O) groups excluding carboxylic acids is 1. The summed E-state index contributed by atoms with van der Waals surface area (Å²) in [5.74, 6) is -9.71. The smallest absolute Gasteiger partial charge is 0.310 e. The third-order valence-corrected chi connectivity index (χ3v) is 4.75. The predicted octanol–water partition coefficient (Wildman–Crippen LogP) is 4.50. The van der Waals surface area contributed by atoms with E-state index < -0.39 is 70.0 Å². The Balaban J connectivity index is 2.18. The summed E-state index contributed by atoms with van der Waals surface area (Å²) in [5.41, 5.74) is -2.47. The molecule has 1 fully saturated rings. The summed E-state index contributed by atoms with van der Waals surface area (Å²) in [4.78, 5) is 12.1. The van der Waals surface area contributed by atoms with E-state index in [9.17, 15) is 26.7 Å². The van der Waals surface area contributed by atoms with Gasteiger partial charge in [0.1, 0.15) is 12.7 Å². The minimum absolute atomic E-state index is 0.250. The van der Waals surface area contributed by atoms with Gasteiger partial charge in [0.25, 0.3) is 0 Å². The molecule has 26 heavy (non-hydrogen) atoms. The number of hydrogen-bond acceptors (Lipinski definition) is 3. The Morgan fingerprint density at radius 2 is 1.65 bits per heavy atom. The Morgan fingerprint density at radius 1 is 1.15 bits per heavy atom. The summed E-state index contributed by atoms with van der Waals surface area (Å²) in [6.07, 6.45) is 0.725. The first-order chi connectivity index (χ1) is 12.1. The number of nitriles is 1. The Hall–Kier alpha value is -2.43. The number of nitrogens with zero attached hydrogens (tertiary/aromatic N) is 1. The van der Waals surface area contributed by atoms with E-state index in [4.69, 9.17) is 10.00 Å². The van der Waals surface area contributed by atoms with Gasteiger partial charge in [-0.1, -0.05) is 20.8 Å². The second-order valence-corrected chi connectivity index (χ2v) is 6.63. The molecule has 140 valence electrons. The molecule has 2 rings (SSSR count). The van der Waals surface area contributed by atoms with E-state index in [-0.39, 0.29) is 6.42 Å². The molecule has 3 nitrogen and oxygen atoms in total. The van der Waals surface area contributed by atoms with Crippen LogP contribution in [0.25, 0.3) is 0 Å². The quantitative estimate of drug-likeness (QED) is 0.331. The predicted molar refractivity (Wildman–Crippen MR) is 81.0 cm³/mol. The highest BCUT2D eigenvalue weighted by atomic mass is 19.2. The Kier molecular flexibility index (Phi) is 5.40. The molecule has 2 atom stereocenters. The highest BCUT2D eigenvalue weighted by Crippen LogP contribution is 2.60. The number of allylic oxidation sites excluding steroid dienone is 2. The zero-order valence-electron chi connectivity index (χ0n) is 14.3. The Labute approximate surface area is 147 Å². The molecule has 0 bridgehead atoms. The van der Waals surface area contributed by atoms with Crippen LogP contribution in [0, 0.1) is 51.9 Å². The summed E-state index contributed by atoms with van der Waals surface area (Å²) in [6.45, 7) is 3.59. The zero-order chi connectivity index (χ0) is 19.8. The third kappa shape index (κ3) is 3.30. The van der Waals surface area contributed by atoms with E-state index in [0.717, 1.165) is 6.08 Å². The highest BCUT2D eigenvalue weighted by Gasteiger charge is 2.61. The van der Waals surface area contributed by atoms with Gasteiger partial charge in [-0.15, -0.1) is 0 Å². The van der Waals surface area contributed by atoms with E-state index in [2.05, 4.69) is 0 Å². The normalized spacial score (nSPS) is 21.3. The van der Waals surface area contributed by atoms with Gasteiger partial charge in [0.05, 0.1) is 11.5 Å². The van der Waals surface area contributed by atoms with Gasteiger partial charge >= 0.3 is 5.97 Å². The van der Waals surface area contributed by atoms with Crippen LogP contribution in [0.15, 0.2) is 11.9 Å². The van der Waals surface area contributed by atoms with Crippen LogP contribution in [0.5, 0.6) is 0 Å². The highest BCUT2D eigenvalue weighted by molar-refractivity contribution is 5.78. The molecule has 0 amide bonds. The van der Waals surface area contributed by atoms with Crippen molar-refractivity contribution in [2.75, 3.05) is 0 Å². The lowest BCUT2D eigenvalue weighted by Crippen LogP contribution is -2.14. The maximum Gasteiger partial charge on any atom is 0.310 e. The standard InChI is InChI=1S/C18H16F5NO2/c1-4-9-13(20)15(22)10(16(23)14(9)21)7-26-17(25)12-11(18(12,2)3)5-8(19)6-24/h5,11-12H,4,7H2,1-3H3/t11-,12-/m0/s1. The Bertz CT molecular complexity index is 797. The van der Waals surface area contributed by atoms with Crippen molar-refractivity contribution in [3.05, 3.63) is 46.3 Å². The van der Waals surface area contributed by atoms with Crippen LogP contribution in [-0.4, -0.2) is 5.97 Å². The van der Waals surface area contributed by atoms with Crippen molar-refractivity contribution in [1.82, 2.24) is 0 Å². The van der Waals surface area contributed by atoms with E-state index in [0.29, 0.717) is 0 Å². The number of ether oxygens (including phenoxy) is 1. The molecule has 0 spiro atoms. The minimum Gasteiger partial charge on any atom is -0.460 e. The van der Waals surface area contributed by atoms with Crippen molar-refractivity contribution in [3.63, 3.8) is 0 Å². The number of hydrogen-bond donors (Lipinski definition) is 0. The van der Waals surface area contributed by atoms with E-state index in [1.54, 1.807) is 13.8 Å². The van der Waals surface area contributed by atoms with E-state index in [1.165, 1.54) is 13.0 Å². The van der Waals surface area contributed by atoms with Gasteiger partial charge in [0.15, 0.2) is 29.1 Å². The molecule has 1 aromatic carbocycles. The van der Waals surface area contributed by atoms with Crippen molar-refractivity contribution in [3.8, 4) is 6.07 Å². The number of rotatable bonds is 5. The topological polar surface area (TPSA) is 50.1 Å². The minimum atomic E-state index is -1.62. The molecule has 1 aromatic rings. The number of halogens is 5. The van der Waals surface area contributed by atoms with Gasteiger partial charge in [-0.25, -0.2) is 17.6 Å². The summed E-state index contributed by atoms with van der Waals surface area (Å²) in [6, 6.07) is 1.29. The van der Waals surface area contributed by atoms with Crippen LogP contribution in [0.2, 0.25) is 0 Å². The molecule has 0 saturated heterocycles. The third-order valence-electron chi connectivity index (χ3n) is 4.75. The molecule has 0 radical (unpaired) electrons. The largest absolute Gasteiger partial charge is 0.460 e. The lowest BCUT2D eigenvalue weighted by molar-refractivity contribution is -0.147. The first-order valence-corrected chi connectivity index (χ1v) is 7.85. The average molecular weight is 373 g/mol. The molecular weight excluding hydrogens is 357 g/mol. The molecule has 0 unspecified atom stereocenters. The molecule has 8 heteroatoms. The van der Waals surface area contributed by atoms with Gasteiger partial charge < -0.3 is 4.74 Å². The average Bonchev–Trinajstić information content (AvgIpc) is 3.13. The van der Waals surface area contributed by atoms with Crippen molar-refractivity contribution < 1.29 is 31.5 Å². The van der Waals surface area contributed by atoms with Crippen LogP contribution in [0.1, 0.15) is 31.9 Å². The molecule has 0 aliphatic heterocycles. The summed E-state index contributed by atoms with van der Waals surface area (Å²) >= 11 is 0. The maximum atomic E-state index is 13.9. The van der Waals surface area contributed by atoms with Crippen molar-refractivity contribution in [2.24, 2.45) is 17.3 Å². The lowest BCUT2D eigenvalue weighted by atomic mass is 10.1. The summed E-state index contributed by atoms with van der Waals surface area (Å²) in [7, 11) is 0. The van der Waals surface area contributed by atoms with Gasteiger partial charge in [-0.3, -0.25) is 4.79 Å². The molecular formula is C18H16F5NO2. The first kappa shape index (κ1) is 19.9. The van der Waals surface area contributed by atoms with Crippen LogP contribution in [-0.2, 0) is 22.6 Å². The van der Waals surface area contributed by atoms with Crippen LogP contribution in [0.4, 0.5) is 22.0 Å². The summed E-state index contributed by atoms with van der Waals surface area (Å²) < 4.78 is 73.3. The van der Waals surface area contributed by atoms with E-state index >= 15 is 0 Å². The van der Waals surface area contributed by atoms with Gasteiger partial charge in [0.2, 0.25) is 0 Å². The first-order valence-electron chi connectivity index (χ1n) is 7.85. The molecule has 0 aromatic heterocycles. The van der Waals surface area contributed by atoms with Gasteiger partial charge in [0, 0.05) is 11.5 Å². The van der Waals surface area contributed by atoms with Gasteiger partial charge in [-0.2, -0.15) is 9.65 Å². The second-order valence-electron chi connectivity index (χ2n) is 6.63. The fourth-order valence-corrected chi connectivity index (χ4v) is 3.03. The van der Waals surface area contributed by atoms with Crippen LogP contribution >= 0.6 is 0 Å². The summed E-state index contributed by atoms with van der Waals surface area (Å²) in [5, 5.41) is 8.45. The molecule has 1 aliphatic rings. The fraction of sp³-hybridized carbons (Fsp3) is 0.444. The van der Waals surface area contributed by atoms with Crippen molar-refractivity contribution in [1.29, 1.82) is 5.26 Å². The second kappa shape index (κ2) is 7.06. The lowest BCUT2D eigenvalue weighted by Gasteiger charge is -2.11. The molecule has 1 aliphatic carbocycles. The van der Waals surface area contributed by atoms with Crippen LogP contribution < -0.4 is 0 Å². The number of benzene rings is 1. The van der Waals surface area contributed by atoms with Crippen LogP contribution in [0.3, 0.4) is 0 Å². The zero-order valence-corrected chi connectivity index (χ0v) is 14.3. The van der Waals surface area contributed by atoms with Crippen molar-refractivity contribution in [2.45, 2.75) is 33.8 Å². The molecule has 0 N–H and O–H groups in total. The van der Waals surface area contributed by atoms with Gasteiger partial charge in [-0.05, 0) is 17.9 Å². The SMILES string of the molecule is CCc1c(F)c(F)c(COC(=O)[C@@H]2[C@H](C=C(F)C#N)C2(C)C)c(F)c1F.